The van der Waals surface area contributed by atoms with E-state index in [4.69, 9.17) is 33.7 Å². The van der Waals surface area contributed by atoms with E-state index in [2.05, 4.69) is 11.9 Å². The summed E-state index contributed by atoms with van der Waals surface area (Å²) in [5, 5.41) is 1.92. The molecule has 0 fully saturated rings. The van der Waals surface area contributed by atoms with Gasteiger partial charge in [-0.2, -0.15) is 0 Å². The molecule has 0 aliphatic rings. The van der Waals surface area contributed by atoms with Crippen molar-refractivity contribution in [3.8, 4) is 5.75 Å². The number of hydrogen-bond acceptors (Lipinski definition) is 2. The van der Waals surface area contributed by atoms with Gasteiger partial charge in [0.05, 0.1) is 17.6 Å². The van der Waals surface area contributed by atoms with Crippen molar-refractivity contribution in [2.75, 3.05) is 13.7 Å². The smallest absolute Gasteiger partial charge is 0.139 e. The summed E-state index contributed by atoms with van der Waals surface area (Å²) in [5.74, 6) is 0.833. The molecule has 0 saturated carbocycles. The van der Waals surface area contributed by atoms with Gasteiger partial charge >= 0.3 is 0 Å². The highest BCUT2D eigenvalue weighted by molar-refractivity contribution is 6.46. The second-order valence-electron chi connectivity index (χ2n) is 4.01. The lowest BCUT2D eigenvalue weighted by atomic mass is 10.0. The number of methoxy groups -OCH3 is 1. The number of halogens is 2. The number of fused-ring (bicyclic) bond motifs is 1. The van der Waals surface area contributed by atoms with Crippen molar-refractivity contribution in [2.24, 2.45) is 5.73 Å². The summed E-state index contributed by atoms with van der Waals surface area (Å²) < 4.78 is 5.21. The molecule has 0 radical (unpaired) electrons. The van der Waals surface area contributed by atoms with Crippen LogP contribution in [0.5, 0.6) is 5.75 Å². The summed E-state index contributed by atoms with van der Waals surface area (Å²) >= 11 is 12.3. The van der Waals surface area contributed by atoms with Crippen LogP contribution in [-0.4, -0.2) is 18.6 Å². The Bertz CT molecular complexity index is 551. The van der Waals surface area contributed by atoms with Crippen LogP contribution in [0.1, 0.15) is 18.4 Å². The minimum absolute atomic E-state index is 0.255. The van der Waals surface area contributed by atoms with E-state index in [0.29, 0.717) is 22.3 Å². The lowest BCUT2D eigenvalue weighted by molar-refractivity contribution is 0.415. The van der Waals surface area contributed by atoms with Gasteiger partial charge in [0.15, 0.2) is 0 Å². The highest BCUT2D eigenvalue weighted by atomic mass is 35.5. The normalized spacial score (nSPS) is 13.0. The summed E-state index contributed by atoms with van der Waals surface area (Å²) in [6, 6.07) is 1.89. The minimum atomic E-state index is 0.255. The first-order valence-electron chi connectivity index (χ1n) is 5.33. The van der Waals surface area contributed by atoms with Crippen LogP contribution in [0.15, 0.2) is 12.3 Å². The number of aromatic nitrogens is 1. The molecule has 1 aromatic carbocycles. The highest BCUT2D eigenvalue weighted by Gasteiger charge is 2.17. The highest BCUT2D eigenvalue weighted by Crippen LogP contribution is 2.40. The molecule has 0 spiro atoms. The molecule has 3 nitrogen and oxygen atoms in total. The predicted octanol–water partition coefficient (Wildman–Crippen LogP) is 3.55. The van der Waals surface area contributed by atoms with Crippen molar-refractivity contribution in [1.29, 1.82) is 0 Å². The molecule has 0 aliphatic heterocycles. The third-order valence-corrected chi connectivity index (χ3v) is 3.81. The molecular formula is C12H14Cl2N2O. The van der Waals surface area contributed by atoms with E-state index in [0.717, 1.165) is 16.5 Å². The molecular weight excluding hydrogens is 259 g/mol. The van der Waals surface area contributed by atoms with Crippen molar-refractivity contribution >= 4 is 34.1 Å². The molecule has 2 aromatic rings. The van der Waals surface area contributed by atoms with Gasteiger partial charge in [0.2, 0.25) is 0 Å². The quantitative estimate of drug-likeness (QED) is 0.898. The van der Waals surface area contributed by atoms with Gasteiger partial charge in [-0.1, -0.05) is 30.1 Å². The molecule has 0 amide bonds. The molecule has 92 valence electrons. The summed E-state index contributed by atoms with van der Waals surface area (Å²) in [7, 11) is 1.57. The van der Waals surface area contributed by atoms with Crippen LogP contribution in [0.25, 0.3) is 10.9 Å². The standard InChI is InChI=1S/C12H14Cl2N2O/c1-6(4-15)8-5-16-12-7(8)3-9(17-2)10(13)11(12)14/h3,5-6,16H,4,15H2,1-2H3. The number of aromatic amines is 1. The maximum atomic E-state index is 6.20. The first-order chi connectivity index (χ1) is 8.10. The third kappa shape index (κ3) is 1.99. The van der Waals surface area contributed by atoms with Crippen molar-refractivity contribution < 1.29 is 4.74 Å². The van der Waals surface area contributed by atoms with E-state index in [1.165, 1.54) is 0 Å². The number of H-pyrrole nitrogens is 1. The average Bonchev–Trinajstić information content (AvgIpc) is 2.76. The Kier molecular flexibility index (Phi) is 3.52. The first kappa shape index (κ1) is 12.6. The molecule has 0 bridgehead atoms. The van der Waals surface area contributed by atoms with Crippen LogP contribution in [0.2, 0.25) is 10.0 Å². The number of rotatable bonds is 3. The van der Waals surface area contributed by atoms with Crippen LogP contribution >= 0.6 is 23.2 Å². The summed E-state index contributed by atoms with van der Waals surface area (Å²) in [4.78, 5) is 3.14. The summed E-state index contributed by atoms with van der Waals surface area (Å²) in [6.07, 6.45) is 1.92. The van der Waals surface area contributed by atoms with Crippen molar-refractivity contribution in [2.45, 2.75) is 12.8 Å². The fourth-order valence-electron chi connectivity index (χ4n) is 1.88. The molecule has 3 N–H and O–H groups in total. The van der Waals surface area contributed by atoms with Gasteiger partial charge in [-0.25, -0.2) is 0 Å². The largest absolute Gasteiger partial charge is 0.495 e. The fraction of sp³-hybridized carbons (Fsp3) is 0.333. The SMILES string of the molecule is COc1cc2c(C(C)CN)c[nH]c2c(Cl)c1Cl. The van der Waals surface area contributed by atoms with Gasteiger partial charge in [-0.3, -0.25) is 0 Å². The molecule has 17 heavy (non-hydrogen) atoms. The van der Waals surface area contributed by atoms with Gasteiger partial charge in [0, 0.05) is 11.6 Å². The van der Waals surface area contributed by atoms with Gasteiger partial charge in [0.1, 0.15) is 10.8 Å². The van der Waals surface area contributed by atoms with Crippen LogP contribution in [0, 0.1) is 0 Å². The van der Waals surface area contributed by atoms with Crippen molar-refractivity contribution in [1.82, 2.24) is 4.98 Å². The van der Waals surface area contributed by atoms with Crippen molar-refractivity contribution in [3.63, 3.8) is 0 Å². The van der Waals surface area contributed by atoms with Crippen molar-refractivity contribution in [3.05, 3.63) is 27.9 Å². The lowest BCUT2D eigenvalue weighted by Crippen LogP contribution is -2.08. The minimum Gasteiger partial charge on any atom is -0.495 e. The van der Waals surface area contributed by atoms with E-state index in [9.17, 15) is 0 Å². The Morgan fingerprint density at radius 3 is 2.71 bits per heavy atom. The Balaban J connectivity index is 2.72. The predicted molar refractivity (Wildman–Crippen MR) is 72.3 cm³/mol. The molecule has 1 aromatic heterocycles. The second kappa shape index (κ2) is 4.77. The van der Waals surface area contributed by atoms with Crippen LogP contribution < -0.4 is 10.5 Å². The zero-order valence-electron chi connectivity index (χ0n) is 9.68. The van der Waals surface area contributed by atoms with Crippen LogP contribution in [0.3, 0.4) is 0 Å². The number of hydrogen-bond donors (Lipinski definition) is 2. The van der Waals surface area contributed by atoms with Gasteiger partial charge in [0.25, 0.3) is 0 Å². The molecule has 1 atom stereocenters. The molecule has 5 heteroatoms. The molecule has 2 rings (SSSR count). The molecule has 1 unspecified atom stereocenters. The van der Waals surface area contributed by atoms with E-state index < -0.39 is 0 Å². The molecule has 0 saturated heterocycles. The van der Waals surface area contributed by atoms with Gasteiger partial charge in [-0.15, -0.1) is 0 Å². The summed E-state index contributed by atoms with van der Waals surface area (Å²) in [5.41, 5.74) is 7.64. The number of nitrogens with two attached hydrogens (primary N) is 1. The van der Waals surface area contributed by atoms with E-state index in [1.807, 2.05) is 12.3 Å². The lowest BCUT2D eigenvalue weighted by Gasteiger charge is -2.09. The zero-order valence-corrected chi connectivity index (χ0v) is 11.2. The monoisotopic (exact) mass is 272 g/mol. The molecule has 1 heterocycles. The summed E-state index contributed by atoms with van der Waals surface area (Å²) in [6.45, 7) is 2.65. The zero-order chi connectivity index (χ0) is 12.6. The van der Waals surface area contributed by atoms with E-state index >= 15 is 0 Å². The fourth-order valence-corrected chi connectivity index (χ4v) is 2.36. The Morgan fingerprint density at radius 1 is 1.41 bits per heavy atom. The maximum absolute atomic E-state index is 6.20. The topological polar surface area (TPSA) is 51.0 Å². The Labute approximate surface area is 110 Å². The van der Waals surface area contributed by atoms with E-state index in [1.54, 1.807) is 7.11 Å². The van der Waals surface area contributed by atoms with Crippen LogP contribution in [-0.2, 0) is 0 Å². The second-order valence-corrected chi connectivity index (χ2v) is 4.77. The van der Waals surface area contributed by atoms with Crippen LogP contribution in [0.4, 0.5) is 0 Å². The number of ether oxygens (including phenoxy) is 1. The van der Waals surface area contributed by atoms with Gasteiger partial charge < -0.3 is 15.5 Å². The number of nitrogens with one attached hydrogen (secondary N) is 1. The average molecular weight is 273 g/mol. The Hall–Kier alpha value is -0.900. The third-order valence-electron chi connectivity index (χ3n) is 2.96. The van der Waals surface area contributed by atoms with Gasteiger partial charge in [-0.05, 0) is 24.1 Å². The Morgan fingerprint density at radius 2 is 2.12 bits per heavy atom. The van der Waals surface area contributed by atoms with E-state index in [-0.39, 0.29) is 5.92 Å². The first-order valence-corrected chi connectivity index (χ1v) is 6.08. The number of benzene rings is 1. The maximum Gasteiger partial charge on any atom is 0.139 e. The molecule has 0 aliphatic carbocycles.